The first-order valence-electron chi connectivity index (χ1n) is 22.6. The average Bonchev–Trinajstić information content (AvgIpc) is 3.33. The molecule has 0 amide bonds. The van der Waals surface area contributed by atoms with Gasteiger partial charge in [-0.05, 0) is 70.8 Å². The first-order valence-corrected chi connectivity index (χ1v) is 22.6. The van der Waals surface area contributed by atoms with E-state index in [1.807, 2.05) is 24.3 Å². The van der Waals surface area contributed by atoms with Crippen molar-refractivity contribution < 1.29 is 86.0 Å². The van der Waals surface area contributed by atoms with E-state index in [9.17, 15) is 9.59 Å². The Labute approximate surface area is 409 Å². The van der Waals surface area contributed by atoms with Crippen molar-refractivity contribution in [2.24, 2.45) is 0 Å². The number of rotatable bonds is 23. The van der Waals surface area contributed by atoms with Crippen LogP contribution in [0.3, 0.4) is 0 Å². The molecule has 15 heteroatoms. The van der Waals surface area contributed by atoms with E-state index in [2.05, 4.69) is 50.5 Å². The summed E-state index contributed by atoms with van der Waals surface area (Å²) in [5.41, 5.74) is 7.18. The average molecular weight is 970 g/mol. The molecule has 0 fully saturated rings. The topological polar surface area (TPSA) is 117 Å². The van der Waals surface area contributed by atoms with Crippen LogP contribution in [0, 0.1) is 0 Å². The van der Waals surface area contributed by atoms with Gasteiger partial charge in [0.1, 0.15) is 17.9 Å². The highest BCUT2D eigenvalue weighted by atomic mass is 35.5. The van der Waals surface area contributed by atoms with Crippen molar-refractivity contribution in [2.45, 2.75) is 69.9 Å². The van der Waals surface area contributed by atoms with Crippen LogP contribution >= 0.6 is 0 Å². The Morgan fingerprint density at radius 2 is 0.881 bits per heavy atom. The molecule has 67 heavy (non-hydrogen) atoms. The zero-order chi connectivity index (χ0) is 46.7. The summed E-state index contributed by atoms with van der Waals surface area (Å²) in [4.78, 5) is 26.3. The largest absolute Gasteiger partial charge is 1.00 e. The maximum atomic E-state index is 13.3. The SMILES string of the molecule is COc1ccc(C[C@@H]2c3cc(OC)c(OC)cc3CC[N@@+]2(C)CCCOC(=O)CCC(=O)CCC[N@+]2(C)CCc3cc(OC)c(OC)cc3[C@H]2Cc2ccc(OC)c(OC)c2)cc1OC.[Cl-].[Cl-]. The van der Waals surface area contributed by atoms with Crippen molar-refractivity contribution in [3.63, 3.8) is 0 Å². The molecule has 4 aromatic rings. The molecule has 0 unspecified atom stereocenters. The number of ketones is 1. The summed E-state index contributed by atoms with van der Waals surface area (Å²) in [6.45, 7) is 3.71. The highest BCUT2D eigenvalue weighted by Crippen LogP contribution is 2.45. The molecule has 0 aromatic heterocycles. The first kappa shape index (κ1) is 54.5. The zero-order valence-electron chi connectivity index (χ0n) is 41.0. The molecule has 0 bridgehead atoms. The Bertz CT molecular complexity index is 2290. The lowest BCUT2D eigenvalue weighted by Gasteiger charge is -2.46. The van der Waals surface area contributed by atoms with Gasteiger partial charge in [0.2, 0.25) is 0 Å². The van der Waals surface area contributed by atoms with Crippen LogP contribution in [0.2, 0.25) is 0 Å². The Balaban J connectivity index is 0.00000490. The van der Waals surface area contributed by atoms with E-state index >= 15 is 0 Å². The Kier molecular flexibility index (Phi) is 20.2. The lowest BCUT2D eigenvalue weighted by Crippen LogP contribution is -3.00. The van der Waals surface area contributed by atoms with Gasteiger partial charge in [-0.1, -0.05) is 12.1 Å². The van der Waals surface area contributed by atoms with E-state index in [1.165, 1.54) is 22.3 Å². The minimum atomic E-state index is -0.338. The molecule has 4 aromatic carbocycles. The summed E-state index contributed by atoms with van der Waals surface area (Å²) in [5.74, 6) is 5.33. The molecule has 0 saturated carbocycles. The van der Waals surface area contributed by atoms with E-state index in [0.717, 1.165) is 83.5 Å². The van der Waals surface area contributed by atoms with Gasteiger partial charge in [-0.2, -0.15) is 0 Å². The summed E-state index contributed by atoms with van der Waals surface area (Å²) in [7, 11) is 17.8. The number of carbonyl (C=O) groups excluding carboxylic acids is 2. The third-order valence-corrected chi connectivity index (χ3v) is 13.9. The van der Waals surface area contributed by atoms with E-state index in [4.69, 9.17) is 42.6 Å². The normalized spacial score (nSPS) is 19.3. The molecule has 4 atom stereocenters. The minimum Gasteiger partial charge on any atom is -1.00 e. The smallest absolute Gasteiger partial charge is 0.306 e. The molecule has 2 aliphatic heterocycles. The fourth-order valence-corrected chi connectivity index (χ4v) is 10.0. The number of esters is 1. The number of hydrogen-bond donors (Lipinski definition) is 0. The van der Waals surface area contributed by atoms with Crippen LogP contribution in [0.15, 0.2) is 60.7 Å². The van der Waals surface area contributed by atoms with Crippen molar-refractivity contribution in [2.75, 3.05) is 104 Å². The van der Waals surface area contributed by atoms with E-state index < -0.39 is 0 Å². The van der Waals surface area contributed by atoms with Crippen LogP contribution in [0.4, 0.5) is 0 Å². The molecule has 0 aliphatic carbocycles. The molecular formula is C52H70Cl2N2O11. The molecule has 0 spiro atoms. The second-order valence-corrected chi connectivity index (χ2v) is 17.7. The summed E-state index contributed by atoms with van der Waals surface area (Å²) in [6, 6.07) is 20.8. The van der Waals surface area contributed by atoms with Gasteiger partial charge in [0.25, 0.3) is 0 Å². The van der Waals surface area contributed by atoms with Crippen molar-refractivity contribution in [3.8, 4) is 46.0 Å². The summed E-state index contributed by atoms with van der Waals surface area (Å²) in [5, 5.41) is 0. The highest BCUT2D eigenvalue weighted by Gasteiger charge is 2.41. The van der Waals surface area contributed by atoms with Crippen molar-refractivity contribution in [3.05, 3.63) is 94.0 Å². The van der Waals surface area contributed by atoms with Crippen LogP contribution < -0.4 is 62.7 Å². The monoisotopic (exact) mass is 968 g/mol. The van der Waals surface area contributed by atoms with Gasteiger partial charge in [0.05, 0.1) is 110 Å². The van der Waals surface area contributed by atoms with Crippen LogP contribution in [0.1, 0.15) is 77.6 Å². The van der Waals surface area contributed by atoms with Gasteiger partial charge in [0, 0.05) is 62.5 Å². The van der Waals surface area contributed by atoms with Crippen LogP contribution in [-0.2, 0) is 40.0 Å². The molecule has 0 N–H and O–H groups in total. The number of carbonyl (C=O) groups is 2. The first-order chi connectivity index (χ1) is 31.4. The summed E-state index contributed by atoms with van der Waals surface area (Å²) in [6.07, 6.45) is 5.31. The molecule has 13 nitrogen and oxygen atoms in total. The number of likely N-dealkylation sites (N-methyl/N-ethyl adjacent to an activating group) is 2. The van der Waals surface area contributed by atoms with Crippen molar-refractivity contribution >= 4 is 11.8 Å². The third kappa shape index (κ3) is 12.7. The van der Waals surface area contributed by atoms with Gasteiger partial charge >= 0.3 is 5.97 Å². The van der Waals surface area contributed by atoms with Gasteiger partial charge in [0.15, 0.2) is 46.0 Å². The fourth-order valence-electron chi connectivity index (χ4n) is 10.0. The van der Waals surface area contributed by atoms with Gasteiger partial charge in [-0.25, -0.2) is 0 Å². The van der Waals surface area contributed by atoms with E-state index in [0.29, 0.717) is 53.8 Å². The second-order valence-electron chi connectivity index (χ2n) is 17.7. The van der Waals surface area contributed by atoms with Gasteiger partial charge in [-0.3, -0.25) is 9.59 Å². The lowest BCUT2D eigenvalue weighted by atomic mass is 9.86. The number of Topliss-reactive ketones (excluding diaryl/α,β-unsaturated/α-hetero) is 1. The number of hydrogen-bond acceptors (Lipinski definition) is 11. The quantitative estimate of drug-likeness (QED) is 0.0619. The Hall–Kier alpha value is -5.08. The zero-order valence-corrected chi connectivity index (χ0v) is 42.5. The Morgan fingerprint density at radius 3 is 1.30 bits per heavy atom. The number of methoxy groups -OCH3 is 8. The molecule has 2 aliphatic rings. The number of ether oxygens (including phenoxy) is 9. The lowest BCUT2D eigenvalue weighted by molar-refractivity contribution is -0.941. The maximum absolute atomic E-state index is 13.3. The maximum Gasteiger partial charge on any atom is 0.306 e. The predicted octanol–water partition coefficient (Wildman–Crippen LogP) is 2.10. The summed E-state index contributed by atoms with van der Waals surface area (Å²) >= 11 is 0. The molecule has 0 radical (unpaired) electrons. The molecule has 2 heterocycles. The highest BCUT2D eigenvalue weighted by molar-refractivity contribution is 5.82. The fraction of sp³-hybridized carbons (Fsp3) is 0.500. The predicted molar refractivity (Wildman–Crippen MR) is 249 cm³/mol. The van der Waals surface area contributed by atoms with Crippen LogP contribution in [-0.4, -0.2) is 124 Å². The van der Waals surface area contributed by atoms with Crippen molar-refractivity contribution in [1.29, 1.82) is 0 Å². The standard InChI is InChI=1S/C52H70N2O11.2ClH/c1-53(24-20-37-31-48(61-7)50(63-9)33-40(37)42(53)27-35-14-17-44(57-3)46(29-35)59-5)22-11-13-39(55)16-19-52(56)65-26-12-23-54(2)25-21-38-32-49(62-8)51(64-10)34-41(38)43(54)28-36-15-18-45(58-4)47(30-36)60-6;;/h14-15,17-18,29-34,42-43H,11-13,16,19-28H2,1-10H3;2*1H/q+2;;/p-2/t42-,43-,53-,54-;;/m1../s1. The van der Waals surface area contributed by atoms with Gasteiger partial charge < -0.3 is 76.4 Å². The Morgan fingerprint density at radius 1 is 0.493 bits per heavy atom. The number of nitrogens with zero attached hydrogens (tertiary/aromatic N) is 2. The number of fused-ring (bicyclic) bond motifs is 2. The van der Waals surface area contributed by atoms with Crippen LogP contribution in [0.25, 0.3) is 0 Å². The van der Waals surface area contributed by atoms with Gasteiger partial charge in [-0.15, -0.1) is 0 Å². The van der Waals surface area contributed by atoms with E-state index in [-0.39, 0.29) is 68.1 Å². The third-order valence-electron chi connectivity index (χ3n) is 13.9. The second kappa shape index (κ2) is 24.8. The molecule has 368 valence electrons. The minimum absolute atomic E-state index is 0. The molecule has 6 rings (SSSR count). The number of halogens is 2. The van der Waals surface area contributed by atoms with E-state index in [1.54, 1.807) is 56.9 Å². The summed E-state index contributed by atoms with van der Waals surface area (Å²) < 4.78 is 52.4. The van der Waals surface area contributed by atoms with Crippen molar-refractivity contribution in [1.82, 2.24) is 0 Å². The van der Waals surface area contributed by atoms with Crippen LogP contribution in [0.5, 0.6) is 46.0 Å². The molecule has 0 saturated heterocycles. The molecular weight excluding hydrogens is 899 g/mol. The number of quaternary nitrogens is 2. The number of benzene rings is 4.